The highest BCUT2D eigenvalue weighted by Crippen LogP contribution is 2.16. The lowest BCUT2D eigenvalue weighted by Crippen LogP contribution is -2.35. The number of allylic oxidation sites excluding steroid dienone is 3. The van der Waals surface area contributed by atoms with E-state index in [0.29, 0.717) is 13.1 Å². The Hall–Kier alpha value is -1.17. The number of sulfonamides is 1. The summed E-state index contributed by atoms with van der Waals surface area (Å²) < 4.78 is 27.7. The Kier molecular flexibility index (Phi) is 9.71. The van der Waals surface area contributed by atoms with Gasteiger partial charge in [-0.15, -0.1) is 0 Å². The lowest BCUT2D eigenvalue weighted by atomic mass is 10.1. The van der Waals surface area contributed by atoms with E-state index >= 15 is 0 Å². The topological polar surface area (TPSA) is 37.4 Å². The molecule has 0 saturated heterocycles. The molecule has 27 heavy (non-hydrogen) atoms. The van der Waals surface area contributed by atoms with Crippen LogP contribution in [0, 0.1) is 0 Å². The van der Waals surface area contributed by atoms with Crippen LogP contribution in [-0.4, -0.2) is 33.1 Å². The summed E-state index contributed by atoms with van der Waals surface area (Å²) in [5, 5.41) is 0. The Balaban J connectivity index is 2.89. The molecule has 1 aromatic rings. The molecule has 0 aliphatic heterocycles. The molecule has 0 aliphatic rings. The third kappa shape index (κ3) is 10.7. The minimum Gasteiger partial charge on any atom is -0.212 e. The molecule has 0 fully saturated rings. The van der Waals surface area contributed by atoms with Gasteiger partial charge in [-0.05, 0) is 45.2 Å². The predicted octanol–water partition coefficient (Wildman–Crippen LogP) is 5.85. The van der Waals surface area contributed by atoms with Crippen molar-refractivity contribution in [3.63, 3.8) is 0 Å². The fourth-order valence-electron chi connectivity index (χ4n) is 2.58. The number of benzene rings is 1. The second-order valence-electron chi connectivity index (χ2n) is 8.78. The highest BCUT2D eigenvalue weighted by molar-refractivity contribution is 7.89. The standard InChI is InChI=1S/C22H37NO2SSi/c1-20(2)11-10-12-21(3)15-16-23(19-22-13-8-7-9-14-22)26(24,25)17-18-27(4,5)6/h7-9,11,13-15H,10,12,16-19H2,1-6H3/b21-15+. The van der Waals surface area contributed by atoms with Crippen LogP contribution in [0.25, 0.3) is 0 Å². The monoisotopic (exact) mass is 407 g/mol. The summed E-state index contributed by atoms with van der Waals surface area (Å²) in [6.45, 7) is 13.8. The molecule has 0 aliphatic carbocycles. The molecule has 0 unspecified atom stereocenters. The third-order valence-electron chi connectivity index (χ3n) is 4.44. The molecule has 1 rings (SSSR count). The molecular weight excluding hydrogens is 370 g/mol. The lowest BCUT2D eigenvalue weighted by Gasteiger charge is -2.23. The Morgan fingerprint density at radius 1 is 1.04 bits per heavy atom. The number of nitrogens with zero attached hydrogens (tertiary/aromatic N) is 1. The Morgan fingerprint density at radius 3 is 2.22 bits per heavy atom. The molecule has 0 aromatic heterocycles. The summed E-state index contributed by atoms with van der Waals surface area (Å²) in [5.74, 6) is 0.250. The second kappa shape index (κ2) is 11.0. The first-order valence-electron chi connectivity index (χ1n) is 9.80. The van der Waals surface area contributed by atoms with Gasteiger partial charge in [0.2, 0.25) is 10.0 Å². The maximum absolute atomic E-state index is 13.0. The zero-order valence-corrected chi connectivity index (χ0v) is 19.8. The third-order valence-corrected chi connectivity index (χ3v) is 8.34. The minimum atomic E-state index is -3.27. The van der Waals surface area contributed by atoms with Crippen molar-refractivity contribution in [2.45, 2.75) is 65.8 Å². The van der Waals surface area contributed by atoms with Gasteiger partial charge in [-0.3, -0.25) is 0 Å². The van der Waals surface area contributed by atoms with Gasteiger partial charge in [-0.2, -0.15) is 4.31 Å². The Labute approximate surface area is 168 Å². The molecule has 0 atom stereocenters. The quantitative estimate of drug-likeness (QED) is 0.341. The van der Waals surface area contributed by atoms with E-state index in [0.717, 1.165) is 24.4 Å². The molecule has 152 valence electrons. The average molecular weight is 408 g/mol. The van der Waals surface area contributed by atoms with Crippen molar-refractivity contribution in [3.8, 4) is 0 Å². The average Bonchev–Trinajstić information content (AvgIpc) is 2.57. The highest BCUT2D eigenvalue weighted by Gasteiger charge is 2.24. The number of rotatable bonds is 11. The maximum Gasteiger partial charge on any atom is 0.214 e. The fourth-order valence-corrected chi connectivity index (χ4v) is 6.96. The van der Waals surface area contributed by atoms with Crippen LogP contribution in [0.3, 0.4) is 0 Å². The van der Waals surface area contributed by atoms with Crippen LogP contribution in [-0.2, 0) is 16.6 Å². The zero-order valence-electron chi connectivity index (χ0n) is 18.0. The van der Waals surface area contributed by atoms with Gasteiger partial charge in [0.25, 0.3) is 0 Å². The molecule has 0 radical (unpaired) electrons. The van der Waals surface area contributed by atoms with Gasteiger partial charge >= 0.3 is 0 Å². The molecular formula is C22H37NO2SSi. The van der Waals surface area contributed by atoms with Crippen molar-refractivity contribution < 1.29 is 8.42 Å². The normalized spacial score (nSPS) is 13.1. The van der Waals surface area contributed by atoms with Gasteiger partial charge in [0.15, 0.2) is 0 Å². The van der Waals surface area contributed by atoms with Crippen LogP contribution in [0.2, 0.25) is 25.7 Å². The van der Waals surface area contributed by atoms with Crippen molar-refractivity contribution >= 4 is 18.1 Å². The van der Waals surface area contributed by atoms with Crippen molar-refractivity contribution in [1.82, 2.24) is 4.31 Å². The maximum atomic E-state index is 13.0. The van der Waals surface area contributed by atoms with Crippen LogP contribution in [0.15, 0.2) is 53.6 Å². The van der Waals surface area contributed by atoms with E-state index in [-0.39, 0.29) is 5.75 Å². The lowest BCUT2D eigenvalue weighted by molar-refractivity contribution is 0.438. The van der Waals surface area contributed by atoms with Crippen LogP contribution >= 0.6 is 0 Å². The van der Waals surface area contributed by atoms with Crippen LogP contribution in [0.1, 0.15) is 39.2 Å². The van der Waals surface area contributed by atoms with Crippen LogP contribution in [0.5, 0.6) is 0 Å². The minimum absolute atomic E-state index is 0.250. The molecule has 0 saturated carbocycles. The van der Waals surface area contributed by atoms with E-state index in [1.165, 1.54) is 11.1 Å². The van der Waals surface area contributed by atoms with E-state index < -0.39 is 18.1 Å². The molecule has 0 N–H and O–H groups in total. The smallest absolute Gasteiger partial charge is 0.212 e. The highest BCUT2D eigenvalue weighted by atomic mass is 32.2. The first kappa shape index (κ1) is 23.9. The van der Waals surface area contributed by atoms with Gasteiger partial charge in [-0.1, -0.05) is 73.3 Å². The molecule has 0 spiro atoms. The van der Waals surface area contributed by atoms with Gasteiger partial charge in [0.05, 0.1) is 5.75 Å². The Bertz CT molecular complexity index is 727. The molecule has 0 amide bonds. The number of hydrogen-bond acceptors (Lipinski definition) is 2. The van der Waals surface area contributed by atoms with Crippen molar-refractivity contribution in [2.24, 2.45) is 0 Å². The summed E-state index contributed by atoms with van der Waals surface area (Å²) in [7, 11) is -4.68. The van der Waals surface area contributed by atoms with Crippen molar-refractivity contribution in [2.75, 3.05) is 12.3 Å². The van der Waals surface area contributed by atoms with Crippen molar-refractivity contribution in [1.29, 1.82) is 0 Å². The van der Waals surface area contributed by atoms with E-state index in [9.17, 15) is 8.42 Å². The second-order valence-corrected chi connectivity index (χ2v) is 16.5. The fraction of sp³-hybridized carbons (Fsp3) is 0.545. The van der Waals surface area contributed by atoms with Gasteiger partial charge in [0.1, 0.15) is 0 Å². The zero-order chi connectivity index (χ0) is 20.5. The van der Waals surface area contributed by atoms with E-state index in [2.05, 4.69) is 52.6 Å². The molecule has 3 nitrogen and oxygen atoms in total. The molecule has 0 bridgehead atoms. The van der Waals surface area contributed by atoms with Gasteiger partial charge in [-0.25, -0.2) is 8.42 Å². The van der Waals surface area contributed by atoms with E-state index in [1.54, 1.807) is 4.31 Å². The summed E-state index contributed by atoms with van der Waals surface area (Å²) in [6.07, 6.45) is 6.28. The van der Waals surface area contributed by atoms with E-state index in [1.807, 2.05) is 30.3 Å². The summed E-state index contributed by atoms with van der Waals surface area (Å²) >= 11 is 0. The van der Waals surface area contributed by atoms with Crippen molar-refractivity contribution in [3.05, 3.63) is 59.2 Å². The molecule has 0 heterocycles. The summed E-state index contributed by atoms with van der Waals surface area (Å²) in [4.78, 5) is 0. The first-order chi connectivity index (χ1) is 12.5. The van der Waals surface area contributed by atoms with Crippen LogP contribution in [0.4, 0.5) is 0 Å². The summed E-state index contributed by atoms with van der Waals surface area (Å²) in [6, 6.07) is 10.7. The molecule has 1 aromatic carbocycles. The summed E-state index contributed by atoms with van der Waals surface area (Å²) in [5.41, 5.74) is 3.60. The first-order valence-corrected chi connectivity index (χ1v) is 15.1. The predicted molar refractivity (Wildman–Crippen MR) is 121 cm³/mol. The Morgan fingerprint density at radius 2 is 1.67 bits per heavy atom. The number of hydrogen-bond donors (Lipinski definition) is 0. The van der Waals surface area contributed by atoms with Gasteiger partial charge in [0, 0.05) is 21.2 Å². The molecule has 5 heteroatoms. The SMILES string of the molecule is CC(C)=CCC/C(C)=C/CN(Cc1ccccc1)S(=O)(=O)CC[Si](C)(C)C. The van der Waals surface area contributed by atoms with E-state index in [4.69, 9.17) is 0 Å². The largest absolute Gasteiger partial charge is 0.214 e. The van der Waals surface area contributed by atoms with Crippen LogP contribution < -0.4 is 0 Å². The van der Waals surface area contributed by atoms with Gasteiger partial charge < -0.3 is 0 Å².